The van der Waals surface area contributed by atoms with Crippen LogP contribution in [0.1, 0.15) is 0 Å². The largest absolute Gasteiger partial charge is 0.310 e. The quantitative estimate of drug-likeness (QED) is 0.162. The van der Waals surface area contributed by atoms with Crippen molar-refractivity contribution in [1.82, 2.24) is 9.13 Å². The van der Waals surface area contributed by atoms with Crippen LogP contribution in [0.25, 0.3) is 88.4 Å². The van der Waals surface area contributed by atoms with Crippen LogP contribution in [0.15, 0.2) is 176 Å². The number of aromatic nitrogens is 2. The lowest BCUT2D eigenvalue weighted by Crippen LogP contribution is -2.35. The van der Waals surface area contributed by atoms with Crippen molar-refractivity contribution in [2.45, 2.75) is 0 Å². The highest BCUT2D eigenvalue weighted by atomic mass is 15.0. The van der Waals surface area contributed by atoms with Crippen molar-refractivity contribution in [1.29, 1.82) is 0 Å². The fraction of sp³-hybridized carbons (Fsp3) is 0. The Labute approximate surface area is 312 Å². The molecule has 240 valence electrons. The van der Waals surface area contributed by atoms with E-state index in [1.54, 1.807) is 0 Å². The fourth-order valence-corrected chi connectivity index (χ4v) is 8.27. The molecule has 0 spiro atoms. The summed E-state index contributed by atoms with van der Waals surface area (Å²) < 4.78 is 4.54. The molecule has 0 fully saturated rings. The van der Waals surface area contributed by atoms with Crippen LogP contribution in [-0.4, -0.2) is 32.7 Å². The van der Waals surface area contributed by atoms with Crippen LogP contribution in [0.2, 0.25) is 0 Å². The summed E-state index contributed by atoms with van der Waals surface area (Å²) in [5.41, 5.74) is 13.9. The number of benzene rings is 8. The van der Waals surface area contributed by atoms with E-state index in [9.17, 15) is 0 Å². The molecule has 0 bridgehead atoms. The zero-order valence-electron chi connectivity index (χ0n) is 28.9. The van der Waals surface area contributed by atoms with E-state index in [2.05, 4.69) is 167 Å². The van der Waals surface area contributed by atoms with Gasteiger partial charge in [0.15, 0.2) is 0 Å². The van der Waals surface area contributed by atoms with E-state index in [1.807, 2.05) is 18.2 Å². The van der Waals surface area contributed by atoms with Crippen LogP contribution in [0, 0.1) is 0 Å². The summed E-state index contributed by atoms with van der Waals surface area (Å²) in [6, 6.07) is 61.4. The van der Waals surface area contributed by atoms with Crippen molar-refractivity contribution in [3.8, 4) is 44.8 Å². The lowest BCUT2D eigenvalue weighted by Gasteiger charge is -2.19. The summed E-state index contributed by atoms with van der Waals surface area (Å²) in [6.07, 6.45) is 0. The van der Waals surface area contributed by atoms with E-state index in [1.165, 1.54) is 5.39 Å². The normalized spacial score (nSPS) is 11.6. The SMILES string of the molecule is [B]c1c(-c2ccc3c(c2)c2c(-c4ccccc4)cccc2n3-c2ccccc2)c([B])c2c3ccccc3n(-c3cccc(-c4ccccc4)c3)c2c1[B]. The molecular formula is C48H29B3N2. The molecule has 53 heavy (non-hydrogen) atoms. The Kier molecular flexibility index (Phi) is 7.30. The molecular weight excluding hydrogens is 637 g/mol. The molecule has 0 amide bonds. The van der Waals surface area contributed by atoms with Gasteiger partial charge >= 0.3 is 0 Å². The van der Waals surface area contributed by atoms with Gasteiger partial charge in [-0.2, -0.15) is 0 Å². The molecule has 0 aliphatic rings. The Morgan fingerprint density at radius 1 is 0.340 bits per heavy atom. The summed E-state index contributed by atoms with van der Waals surface area (Å²) in [5, 5.41) is 4.19. The third kappa shape index (κ3) is 4.84. The first-order chi connectivity index (χ1) is 26.1. The van der Waals surface area contributed by atoms with Gasteiger partial charge in [0.25, 0.3) is 0 Å². The van der Waals surface area contributed by atoms with Gasteiger partial charge in [0.1, 0.15) is 23.5 Å². The zero-order valence-corrected chi connectivity index (χ0v) is 28.9. The van der Waals surface area contributed by atoms with Gasteiger partial charge in [-0.05, 0) is 81.9 Å². The maximum atomic E-state index is 7.32. The van der Waals surface area contributed by atoms with Crippen LogP contribution >= 0.6 is 0 Å². The van der Waals surface area contributed by atoms with Crippen molar-refractivity contribution < 1.29 is 0 Å². The lowest BCUT2D eigenvalue weighted by molar-refractivity contribution is 1.18. The summed E-state index contributed by atoms with van der Waals surface area (Å²) in [5.74, 6) is 0. The van der Waals surface area contributed by atoms with Crippen molar-refractivity contribution >= 4 is 83.5 Å². The number of hydrogen-bond donors (Lipinski definition) is 0. The Morgan fingerprint density at radius 2 is 0.943 bits per heavy atom. The van der Waals surface area contributed by atoms with Crippen molar-refractivity contribution in [2.24, 2.45) is 0 Å². The smallest absolute Gasteiger partial charge is 0.115 e. The van der Waals surface area contributed by atoms with Crippen LogP contribution in [0.5, 0.6) is 0 Å². The Bertz CT molecular complexity index is 3020. The molecule has 0 unspecified atom stereocenters. The summed E-state index contributed by atoms with van der Waals surface area (Å²) >= 11 is 0. The highest BCUT2D eigenvalue weighted by Crippen LogP contribution is 2.40. The minimum absolute atomic E-state index is 0.465. The highest BCUT2D eigenvalue weighted by molar-refractivity contribution is 6.60. The van der Waals surface area contributed by atoms with E-state index in [0.717, 1.165) is 83.0 Å². The van der Waals surface area contributed by atoms with Crippen molar-refractivity contribution in [2.75, 3.05) is 0 Å². The Balaban J connectivity index is 1.25. The zero-order chi connectivity index (χ0) is 35.6. The number of hydrogen-bond acceptors (Lipinski definition) is 0. The van der Waals surface area contributed by atoms with E-state index >= 15 is 0 Å². The molecule has 10 rings (SSSR count). The fourth-order valence-electron chi connectivity index (χ4n) is 8.27. The van der Waals surface area contributed by atoms with Crippen LogP contribution in [0.4, 0.5) is 0 Å². The van der Waals surface area contributed by atoms with Crippen LogP contribution in [0.3, 0.4) is 0 Å². The van der Waals surface area contributed by atoms with E-state index in [0.29, 0.717) is 16.4 Å². The van der Waals surface area contributed by atoms with Gasteiger partial charge in [-0.15, -0.1) is 0 Å². The second-order valence-electron chi connectivity index (χ2n) is 13.6. The van der Waals surface area contributed by atoms with Crippen LogP contribution in [-0.2, 0) is 0 Å². The lowest BCUT2D eigenvalue weighted by atomic mass is 9.69. The molecule has 0 N–H and O–H groups in total. The average molecular weight is 666 g/mol. The molecule has 5 heteroatoms. The third-order valence-electron chi connectivity index (χ3n) is 10.6. The van der Waals surface area contributed by atoms with E-state index in [-0.39, 0.29) is 0 Å². The molecule has 0 aliphatic carbocycles. The first-order valence-corrected chi connectivity index (χ1v) is 17.8. The van der Waals surface area contributed by atoms with Crippen LogP contribution < -0.4 is 16.4 Å². The Morgan fingerprint density at radius 3 is 1.72 bits per heavy atom. The van der Waals surface area contributed by atoms with Crippen molar-refractivity contribution in [3.63, 3.8) is 0 Å². The van der Waals surface area contributed by atoms with Gasteiger partial charge in [-0.3, -0.25) is 0 Å². The first kappa shape index (κ1) is 31.3. The predicted octanol–water partition coefficient (Wildman–Crippen LogP) is 9.26. The van der Waals surface area contributed by atoms with Gasteiger partial charge in [0.2, 0.25) is 0 Å². The molecule has 8 aromatic carbocycles. The third-order valence-corrected chi connectivity index (χ3v) is 10.6. The van der Waals surface area contributed by atoms with E-state index in [4.69, 9.17) is 23.5 Å². The Hall–Kier alpha value is -6.45. The predicted molar refractivity (Wildman–Crippen MR) is 228 cm³/mol. The molecule has 0 saturated carbocycles. The standard InChI is InChI=1S/C48H29B3N2/c49-45-42(33-26-27-40-38(29-33)43-36(31-16-6-2-7-17-31)23-13-25-41(43)52(40)34-19-8-3-9-20-34)46(50)47(51)48-44(45)37-22-10-11-24-39(37)53(48)35-21-12-18-32(28-35)30-14-4-1-5-15-30/h1-29H. The number of para-hydroxylation sites is 2. The molecule has 0 aliphatic heterocycles. The summed E-state index contributed by atoms with van der Waals surface area (Å²) in [7, 11) is 21.6. The number of nitrogens with zero attached hydrogens (tertiary/aromatic N) is 2. The van der Waals surface area contributed by atoms with Crippen molar-refractivity contribution in [3.05, 3.63) is 176 Å². The molecule has 2 nitrogen and oxygen atoms in total. The van der Waals surface area contributed by atoms with Gasteiger partial charge in [0.05, 0.1) is 16.6 Å². The minimum atomic E-state index is 0.465. The molecule has 6 radical (unpaired) electrons. The average Bonchev–Trinajstić information content (AvgIpc) is 3.75. The molecule has 0 atom stereocenters. The highest BCUT2D eigenvalue weighted by Gasteiger charge is 2.22. The van der Waals surface area contributed by atoms with E-state index < -0.39 is 0 Å². The molecule has 2 heterocycles. The van der Waals surface area contributed by atoms with Gasteiger partial charge < -0.3 is 9.13 Å². The molecule has 10 aromatic rings. The number of rotatable bonds is 5. The van der Waals surface area contributed by atoms with Gasteiger partial charge in [-0.1, -0.05) is 144 Å². The van der Waals surface area contributed by atoms with Gasteiger partial charge in [-0.25, -0.2) is 0 Å². The maximum Gasteiger partial charge on any atom is 0.115 e. The second kappa shape index (κ2) is 12.4. The molecule has 0 saturated heterocycles. The van der Waals surface area contributed by atoms with Gasteiger partial charge in [0, 0.05) is 38.4 Å². The maximum absolute atomic E-state index is 7.32. The summed E-state index contributed by atoms with van der Waals surface area (Å²) in [6.45, 7) is 0. The molecule has 2 aromatic heterocycles. The second-order valence-corrected chi connectivity index (χ2v) is 13.6. The number of fused-ring (bicyclic) bond motifs is 6. The first-order valence-electron chi connectivity index (χ1n) is 17.8. The summed E-state index contributed by atoms with van der Waals surface area (Å²) in [4.78, 5) is 0. The minimum Gasteiger partial charge on any atom is -0.310 e. The monoisotopic (exact) mass is 666 g/mol. The topological polar surface area (TPSA) is 9.86 Å².